The van der Waals surface area contributed by atoms with Gasteiger partial charge in [-0.2, -0.15) is 0 Å². The smallest absolute Gasteiger partial charge is 0.137 e. The molecular formula is C13H7BrClF3. The molecule has 0 bridgehead atoms. The van der Waals surface area contributed by atoms with E-state index in [0.29, 0.717) is 0 Å². The van der Waals surface area contributed by atoms with Gasteiger partial charge in [0.05, 0.1) is 9.85 Å². The summed E-state index contributed by atoms with van der Waals surface area (Å²) >= 11 is 8.87. The fraction of sp³-hybridized carbons (Fsp3) is 0.0769. The van der Waals surface area contributed by atoms with Crippen LogP contribution in [0.25, 0.3) is 0 Å². The van der Waals surface area contributed by atoms with Crippen LogP contribution >= 0.6 is 27.5 Å². The summed E-state index contributed by atoms with van der Waals surface area (Å²) in [5, 5.41) is -1.08. The van der Waals surface area contributed by atoms with Gasteiger partial charge in [-0.3, -0.25) is 0 Å². The molecule has 0 nitrogen and oxygen atoms in total. The Morgan fingerprint density at radius 2 is 1.56 bits per heavy atom. The lowest BCUT2D eigenvalue weighted by molar-refractivity contribution is 0.576. The number of halogens is 5. The third kappa shape index (κ3) is 2.54. The molecule has 0 aromatic heterocycles. The van der Waals surface area contributed by atoms with Gasteiger partial charge in [0, 0.05) is 11.1 Å². The van der Waals surface area contributed by atoms with Gasteiger partial charge in [-0.25, -0.2) is 13.2 Å². The van der Waals surface area contributed by atoms with Gasteiger partial charge < -0.3 is 0 Å². The fourth-order valence-corrected chi connectivity index (χ4v) is 2.24. The molecule has 2 aromatic rings. The monoisotopic (exact) mass is 334 g/mol. The second-order valence-electron chi connectivity index (χ2n) is 3.67. The molecular weight excluding hydrogens is 328 g/mol. The third-order valence-electron chi connectivity index (χ3n) is 2.49. The molecule has 0 radical (unpaired) electrons. The zero-order chi connectivity index (χ0) is 13.3. The first-order valence-corrected chi connectivity index (χ1v) is 6.26. The van der Waals surface area contributed by atoms with Crippen LogP contribution in [0.2, 0.25) is 0 Å². The summed E-state index contributed by atoms with van der Waals surface area (Å²) in [7, 11) is 0. The van der Waals surface area contributed by atoms with E-state index >= 15 is 0 Å². The number of alkyl halides is 1. The molecule has 2 aromatic carbocycles. The van der Waals surface area contributed by atoms with Gasteiger partial charge >= 0.3 is 0 Å². The summed E-state index contributed by atoms with van der Waals surface area (Å²) in [6.07, 6.45) is 0. The van der Waals surface area contributed by atoms with Crippen molar-refractivity contribution in [2.45, 2.75) is 5.38 Å². The summed E-state index contributed by atoms with van der Waals surface area (Å²) in [5.74, 6) is -1.89. The van der Waals surface area contributed by atoms with Crippen LogP contribution in [0.4, 0.5) is 13.2 Å². The number of benzene rings is 2. The highest BCUT2D eigenvalue weighted by atomic mass is 79.9. The first-order chi connectivity index (χ1) is 8.50. The molecule has 0 amide bonds. The summed E-state index contributed by atoms with van der Waals surface area (Å²) in [6.45, 7) is 0. The normalized spacial score (nSPS) is 12.5. The van der Waals surface area contributed by atoms with Crippen molar-refractivity contribution in [3.05, 3.63) is 69.4 Å². The maximum absolute atomic E-state index is 13.7. The second kappa shape index (κ2) is 5.33. The molecule has 0 saturated heterocycles. The minimum absolute atomic E-state index is 0.00107. The predicted octanol–water partition coefficient (Wildman–Crippen LogP) is 5.19. The van der Waals surface area contributed by atoms with Crippen molar-refractivity contribution < 1.29 is 13.2 Å². The minimum Gasteiger partial charge on any atom is -0.207 e. The summed E-state index contributed by atoms with van der Waals surface area (Å²) in [6, 6.07) is 7.68. The molecule has 0 fully saturated rings. The average Bonchev–Trinajstić information content (AvgIpc) is 2.33. The summed E-state index contributed by atoms with van der Waals surface area (Å²) < 4.78 is 40.6. The quantitative estimate of drug-likeness (QED) is 0.523. The molecule has 0 spiro atoms. The van der Waals surface area contributed by atoms with E-state index < -0.39 is 22.8 Å². The van der Waals surface area contributed by atoms with Crippen molar-refractivity contribution in [2.75, 3.05) is 0 Å². The van der Waals surface area contributed by atoms with E-state index in [9.17, 15) is 13.2 Å². The highest BCUT2D eigenvalue weighted by Crippen LogP contribution is 2.34. The van der Waals surface area contributed by atoms with Crippen LogP contribution in [0.5, 0.6) is 0 Å². The van der Waals surface area contributed by atoms with Crippen LogP contribution in [-0.2, 0) is 0 Å². The van der Waals surface area contributed by atoms with Gasteiger partial charge in [0.25, 0.3) is 0 Å². The van der Waals surface area contributed by atoms with Crippen LogP contribution in [0.3, 0.4) is 0 Å². The first-order valence-electron chi connectivity index (χ1n) is 5.03. The van der Waals surface area contributed by atoms with Crippen molar-refractivity contribution in [1.82, 2.24) is 0 Å². The van der Waals surface area contributed by atoms with Gasteiger partial charge in [-0.1, -0.05) is 18.2 Å². The Bertz CT molecular complexity index is 586. The van der Waals surface area contributed by atoms with E-state index in [2.05, 4.69) is 15.9 Å². The van der Waals surface area contributed by atoms with Crippen molar-refractivity contribution in [2.24, 2.45) is 0 Å². The van der Waals surface area contributed by atoms with Gasteiger partial charge in [-0.15, -0.1) is 11.6 Å². The van der Waals surface area contributed by atoms with Gasteiger partial charge in [0.15, 0.2) is 0 Å². The molecule has 2 rings (SSSR count). The SMILES string of the molecule is Fc1cc(C(Cl)c2ccccc2F)c(F)cc1Br. The Kier molecular flexibility index (Phi) is 3.97. The van der Waals surface area contributed by atoms with E-state index in [1.54, 1.807) is 6.07 Å². The summed E-state index contributed by atoms with van der Waals surface area (Å²) in [4.78, 5) is 0. The van der Waals surface area contributed by atoms with E-state index in [0.717, 1.165) is 12.1 Å². The van der Waals surface area contributed by atoms with E-state index in [-0.39, 0.29) is 15.6 Å². The molecule has 0 heterocycles. The molecule has 0 aliphatic carbocycles. The topological polar surface area (TPSA) is 0 Å². The molecule has 18 heavy (non-hydrogen) atoms. The standard InChI is InChI=1S/C13H7BrClF3/c14-9-6-11(17)8(5-12(9)18)13(15)7-3-1-2-4-10(7)16/h1-6,13H. The highest BCUT2D eigenvalue weighted by Gasteiger charge is 2.20. The van der Waals surface area contributed by atoms with Crippen LogP contribution in [0.15, 0.2) is 40.9 Å². The predicted molar refractivity (Wildman–Crippen MR) is 68.2 cm³/mol. The molecule has 0 saturated carbocycles. The molecule has 1 unspecified atom stereocenters. The van der Waals surface area contributed by atoms with Crippen LogP contribution in [-0.4, -0.2) is 0 Å². The van der Waals surface area contributed by atoms with Crippen molar-refractivity contribution >= 4 is 27.5 Å². The molecule has 0 aliphatic heterocycles. The number of hydrogen-bond donors (Lipinski definition) is 0. The summed E-state index contributed by atoms with van der Waals surface area (Å²) in [5.41, 5.74) is 0.0160. The lowest BCUT2D eigenvalue weighted by Gasteiger charge is -2.13. The van der Waals surface area contributed by atoms with Crippen molar-refractivity contribution in [3.63, 3.8) is 0 Å². The maximum Gasteiger partial charge on any atom is 0.137 e. The van der Waals surface area contributed by atoms with Crippen molar-refractivity contribution in [1.29, 1.82) is 0 Å². The lowest BCUT2D eigenvalue weighted by atomic mass is 10.0. The van der Waals surface area contributed by atoms with Crippen LogP contribution in [0.1, 0.15) is 16.5 Å². The van der Waals surface area contributed by atoms with Gasteiger partial charge in [-0.05, 0) is 34.1 Å². The van der Waals surface area contributed by atoms with Crippen LogP contribution < -0.4 is 0 Å². The zero-order valence-electron chi connectivity index (χ0n) is 8.93. The van der Waals surface area contributed by atoms with Gasteiger partial charge in [0.1, 0.15) is 17.5 Å². The minimum atomic E-state index is -1.08. The Balaban J connectivity index is 2.50. The zero-order valence-corrected chi connectivity index (χ0v) is 11.3. The third-order valence-corrected chi connectivity index (χ3v) is 3.57. The molecule has 0 N–H and O–H groups in total. The maximum atomic E-state index is 13.7. The van der Waals surface area contributed by atoms with Crippen LogP contribution in [0, 0.1) is 17.5 Å². The number of rotatable bonds is 2. The molecule has 1 atom stereocenters. The van der Waals surface area contributed by atoms with E-state index in [1.807, 2.05) is 0 Å². The molecule has 94 valence electrons. The largest absolute Gasteiger partial charge is 0.207 e. The first kappa shape index (κ1) is 13.4. The average molecular weight is 336 g/mol. The highest BCUT2D eigenvalue weighted by molar-refractivity contribution is 9.10. The van der Waals surface area contributed by atoms with E-state index in [1.165, 1.54) is 18.2 Å². The molecule has 0 aliphatic rings. The Labute approximate surface area is 116 Å². The Morgan fingerprint density at radius 3 is 2.22 bits per heavy atom. The van der Waals surface area contributed by atoms with E-state index in [4.69, 9.17) is 11.6 Å². The Morgan fingerprint density at radius 1 is 0.889 bits per heavy atom. The fourth-order valence-electron chi connectivity index (χ4n) is 1.58. The molecule has 5 heteroatoms. The van der Waals surface area contributed by atoms with Gasteiger partial charge in [0.2, 0.25) is 0 Å². The lowest BCUT2D eigenvalue weighted by Crippen LogP contribution is -2.01. The number of hydrogen-bond acceptors (Lipinski definition) is 0. The second-order valence-corrected chi connectivity index (χ2v) is 4.96. The Hall–Kier alpha value is -1.00. The van der Waals surface area contributed by atoms with Crippen molar-refractivity contribution in [3.8, 4) is 0 Å².